The summed E-state index contributed by atoms with van der Waals surface area (Å²) in [6.45, 7) is 2.98. The Hall–Kier alpha value is -3.08. The van der Waals surface area contributed by atoms with Gasteiger partial charge in [0.15, 0.2) is 5.67 Å². The highest BCUT2D eigenvalue weighted by molar-refractivity contribution is 9.10. The van der Waals surface area contributed by atoms with Crippen molar-refractivity contribution in [1.29, 1.82) is 0 Å². The number of aromatic amines is 1. The number of imidazole rings is 1. The van der Waals surface area contributed by atoms with Gasteiger partial charge in [0.05, 0.1) is 23.2 Å². The summed E-state index contributed by atoms with van der Waals surface area (Å²) in [6, 6.07) is 5.15. The maximum atomic E-state index is 14.1. The van der Waals surface area contributed by atoms with Crippen LogP contribution in [0.15, 0.2) is 39.6 Å². The Morgan fingerprint density at radius 1 is 1.40 bits per heavy atom. The number of hydrogen-bond acceptors (Lipinski definition) is 6. The molecule has 1 atom stereocenters. The van der Waals surface area contributed by atoms with Crippen molar-refractivity contribution in [2.45, 2.75) is 32.0 Å². The highest BCUT2D eigenvalue weighted by atomic mass is 79.9. The molecule has 0 fully saturated rings. The molecule has 1 aliphatic heterocycles. The molecule has 1 amide bonds. The second-order valence-electron chi connectivity index (χ2n) is 7.56. The first-order valence-electron chi connectivity index (χ1n) is 9.33. The van der Waals surface area contributed by atoms with Crippen LogP contribution < -0.4 is 0 Å². The number of carbonyl (C=O) groups is 1. The molecule has 154 valence electrons. The van der Waals surface area contributed by atoms with E-state index in [2.05, 4.69) is 41.2 Å². The fourth-order valence-corrected chi connectivity index (χ4v) is 4.05. The van der Waals surface area contributed by atoms with Crippen LogP contribution >= 0.6 is 15.9 Å². The second-order valence-corrected chi connectivity index (χ2v) is 8.41. The summed E-state index contributed by atoms with van der Waals surface area (Å²) in [6.07, 6.45) is 4.02. The number of hydrogen-bond donors (Lipinski definition) is 1. The Balaban J connectivity index is 1.59. The van der Waals surface area contributed by atoms with E-state index in [1.807, 2.05) is 24.4 Å². The van der Waals surface area contributed by atoms with Gasteiger partial charge in [-0.3, -0.25) is 4.79 Å². The zero-order chi connectivity index (χ0) is 21.0. The summed E-state index contributed by atoms with van der Waals surface area (Å²) in [5.74, 6) is -0.992. The molecule has 0 saturated carbocycles. The summed E-state index contributed by atoms with van der Waals surface area (Å²) >= 11 is 3.53. The van der Waals surface area contributed by atoms with Crippen molar-refractivity contribution in [2.24, 2.45) is 0 Å². The number of fused-ring (bicyclic) bond motifs is 2. The van der Waals surface area contributed by atoms with Crippen LogP contribution in [0.3, 0.4) is 0 Å². The number of aromatic nitrogens is 6. The Kier molecular flexibility index (Phi) is 4.24. The normalized spacial score (nSPS) is 16.8. The van der Waals surface area contributed by atoms with Crippen LogP contribution in [0.5, 0.6) is 0 Å². The van der Waals surface area contributed by atoms with Crippen molar-refractivity contribution in [3.8, 4) is 0 Å². The lowest BCUT2D eigenvalue weighted by Crippen LogP contribution is -2.41. The number of nitrogens with zero attached hydrogens (tertiary/aromatic N) is 6. The molecule has 0 spiro atoms. The minimum atomic E-state index is -1.84. The molecule has 1 N–H and O–H groups in total. The summed E-state index contributed by atoms with van der Waals surface area (Å²) in [5, 5.41) is 12.1. The number of carbonyl (C=O) groups excluding carboxylic acids is 1. The van der Waals surface area contributed by atoms with Gasteiger partial charge >= 0.3 is 11.8 Å². The molecular weight excluding hydrogens is 457 g/mol. The number of pyridine rings is 1. The highest BCUT2D eigenvalue weighted by Gasteiger charge is 2.39. The lowest BCUT2D eigenvalue weighted by Gasteiger charge is -2.32. The van der Waals surface area contributed by atoms with E-state index < -0.39 is 17.6 Å². The first kappa shape index (κ1) is 18.9. The van der Waals surface area contributed by atoms with Crippen LogP contribution in [-0.2, 0) is 12.1 Å². The molecule has 0 saturated heterocycles. The third-order valence-corrected chi connectivity index (χ3v) is 5.72. The number of halogens is 2. The number of nitrogens with one attached hydrogen (secondary N) is 1. The van der Waals surface area contributed by atoms with Crippen molar-refractivity contribution < 1.29 is 13.6 Å². The van der Waals surface area contributed by atoms with Crippen LogP contribution in [0.2, 0.25) is 0 Å². The van der Waals surface area contributed by atoms with E-state index in [-0.39, 0.29) is 11.8 Å². The molecule has 4 aromatic rings. The molecule has 9 nitrogen and oxygen atoms in total. The van der Waals surface area contributed by atoms with Gasteiger partial charge in [0, 0.05) is 29.3 Å². The average molecular weight is 474 g/mol. The van der Waals surface area contributed by atoms with Gasteiger partial charge in [-0.15, -0.1) is 10.2 Å². The minimum Gasteiger partial charge on any atom is -0.413 e. The monoisotopic (exact) mass is 473 g/mol. The zero-order valence-electron chi connectivity index (χ0n) is 16.1. The number of alkyl halides is 1. The van der Waals surface area contributed by atoms with E-state index in [0.29, 0.717) is 24.4 Å². The maximum absolute atomic E-state index is 14.1. The number of amides is 1. The first-order chi connectivity index (χ1) is 14.3. The topological polar surface area (TPSA) is 105 Å². The van der Waals surface area contributed by atoms with E-state index in [1.165, 1.54) is 13.8 Å². The minimum absolute atomic E-state index is 0.239. The van der Waals surface area contributed by atoms with Gasteiger partial charge in [-0.1, -0.05) is 0 Å². The fraction of sp³-hybridized carbons (Fsp3) is 0.316. The van der Waals surface area contributed by atoms with Crippen molar-refractivity contribution in [3.63, 3.8) is 0 Å². The van der Waals surface area contributed by atoms with E-state index in [1.54, 1.807) is 15.7 Å². The SMILES string of the molecule is CC(C)(F)c1nnc(C(=O)N2CCc3[nH]cnc3[C@H]2c2cc3c(Br)cccn3n2)o1. The van der Waals surface area contributed by atoms with Crippen molar-refractivity contribution in [3.05, 3.63) is 64.1 Å². The quantitative estimate of drug-likeness (QED) is 0.489. The standard InChI is InChI=1S/C19H17BrFN7O2/c1-19(2,21)18-25-24-16(30-18)17(29)27-7-5-11-14(23-9-22-11)15(27)12-8-13-10(20)4-3-6-28(13)26-12/h3-4,6,8-9,15H,5,7H2,1-2H3,(H,22,23)/t15-/m1/s1. The van der Waals surface area contributed by atoms with Crippen LogP contribution in [0.25, 0.3) is 5.52 Å². The number of rotatable bonds is 3. The Labute approximate surface area is 178 Å². The fourth-order valence-electron chi connectivity index (χ4n) is 3.60. The molecule has 0 radical (unpaired) electrons. The molecule has 0 aromatic carbocycles. The van der Waals surface area contributed by atoms with Gasteiger partial charge in [-0.2, -0.15) is 5.10 Å². The van der Waals surface area contributed by atoms with E-state index in [0.717, 1.165) is 15.7 Å². The van der Waals surface area contributed by atoms with Gasteiger partial charge < -0.3 is 14.3 Å². The molecule has 1 aliphatic rings. The lowest BCUT2D eigenvalue weighted by atomic mass is 9.99. The predicted molar refractivity (Wildman–Crippen MR) is 106 cm³/mol. The molecule has 30 heavy (non-hydrogen) atoms. The van der Waals surface area contributed by atoms with Gasteiger partial charge in [0.25, 0.3) is 5.89 Å². The largest absolute Gasteiger partial charge is 0.413 e. The molecule has 0 unspecified atom stereocenters. The van der Waals surface area contributed by atoms with Gasteiger partial charge in [0.2, 0.25) is 0 Å². The third kappa shape index (κ3) is 3.00. The number of H-pyrrole nitrogens is 1. The van der Waals surface area contributed by atoms with Crippen LogP contribution in [0.1, 0.15) is 53.5 Å². The van der Waals surface area contributed by atoms with Crippen molar-refractivity contribution in [1.82, 2.24) is 34.7 Å². The van der Waals surface area contributed by atoms with Crippen LogP contribution in [-0.4, -0.2) is 47.1 Å². The molecular formula is C19H17BrFN7O2. The molecule has 5 rings (SSSR count). The molecule has 4 aromatic heterocycles. The van der Waals surface area contributed by atoms with E-state index in [4.69, 9.17) is 4.42 Å². The van der Waals surface area contributed by atoms with Gasteiger partial charge in [-0.25, -0.2) is 13.9 Å². The van der Waals surface area contributed by atoms with E-state index >= 15 is 0 Å². The average Bonchev–Trinajstić information content (AvgIpc) is 3.44. The van der Waals surface area contributed by atoms with Crippen molar-refractivity contribution >= 4 is 27.4 Å². The van der Waals surface area contributed by atoms with Gasteiger partial charge in [-0.05, 0) is 48.0 Å². The molecule has 0 aliphatic carbocycles. The summed E-state index contributed by atoms with van der Waals surface area (Å²) < 4.78 is 22.1. The predicted octanol–water partition coefficient (Wildman–Crippen LogP) is 3.20. The summed E-state index contributed by atoms with van der Waals surface area (Å²) in [4.78, 5) is 22.4. The zero-order valence-corrected chi connectivity index (χ0v) is 17.7. The van der Waals surface area contributed by atoms with Gasteiger partial charge in [0.1, 0.15) is 6.04 Å². The van der Waals surface area contributed by atoms with Crippen molar-refractivity contribution in [2.75, 3.05) is 6.54 Å². The van der Waals surface area contributed by atoms with Crippen LogP contribution in [0, 0.1) is 0 Å². The summed E-state index contributed by atoms with van der Waals surface area (Å²) in [5.41, 5.74) is 1.32. The highest BCUT2D eigenvalue weighted by Crippen LogP contribution is 2.35. The Bertz CT molecular complexity index is 1260. The Morgan fingerprint density at radius 3 is 2.97 bits per heavy atom. The maximum Gasteiger partial charge on any atom is 0.312 e. The lowest BCUT2D eigenvalue weighted by molar-refractivity contribution is 0.0636. The van der Waals surface area contributed by atoms with Crippen LogP contribution in [0.4, 0.5) is 4.39 Å². The molecule has 0 bridgehead atoms. The Morgan fingerprint density at radius 2 is 2.23 bits per heavy atom. The smallest absolute Gasteiger partial charge is 0.312 e. The molecule has 11 heteroatoms. The second kappa shape index (κ2) is 6.73. The summed E-state index contributed by atoms with van der Waals surface area (Å²) in [7, 11) is 0. The first-order valence-corrected chi connectivity index (χ1v) is 10.1. The molecule has 5 heterocycles. The van der Waals surface area contributed by atoms with E-state index in [9.17, 15) is 9.18 Å². The third-order valence-electron chi connectivity index (χ3n) is 5.05.